The first-order chi connectivity index (χ1) is 15.0. The van der Waals surface area contributed by atoms with Gasteiger partial charge in [-0.25, -0.2) is 9.79 Å². The Morgan fingerprint density at radius 1 is 1.13 bits per heavy atom. The minimum Gasteiger partial charge on any atom is -0.494 e. The number of thioether (sulfide) groups is 1. The summed E-state index contributed by atoms with van der Waals surface area (Å²) in [4.78, 5) is 30.7. The molecule has 1 N–H and O–H groups in total. The average molecular weight is 441 g/mol. The van der Waals surface area contributed by atoms with Gasteiger partial charge in [-0.3, -0.25) is 9.69 Å². The van der Waals surface area contributed by atoms with Gasteiger partial charge in [-0.15, -0.1) is 0 Å². The Bertz CT molecular complexity index is 1000. The summed E-state index contributed by atoms with van der Waals surface area (Å²) in [6.45, 7) is 4.62. The lowest BCUT2D eigenvalue weighted by Gasteiger charge is -2.14. The molecule has 0 aliphatic carbocycles. The molecule has 0 saturated carbocycles. The number of hydrogen-bond donors (Lipinski definition) is 1. The number of ether oxygens (including phenoxy) is 2. The zero-order valence-corrected chi connectivity index (χ0v) is 18.2. The van der Waals surface area contributed by atoms with E-state index in [1.165, 1.54) is 11.8 Å². The van der Waals surface area contributed by atoms with E-state index in [1.807, 2.05) is 44.2 Å². The molecule has 0 unspecified atom stereocenters. The van der Waals surface area contributed by atoms with Crippen LogP contribution in [0.5, 0.6) is 11.5 Å². The van der Waals surface area contributed by atoms with E-state index in [9.17, 15) is 9.59 Å². The fourth-order valence-corrected chi connectivity index (χ4v) is 3.93. The van der Waals surface area contributed by atoms with E-state index in [4.69, 9.17) is 14.6 Å². The van der Waals surface area contributed by atoms with Gasteiger partial charge in [-0.1, -0.05) is 25.1 Å². The summed E-state index contributed by atoms with van der Waals surface area (Å²) in [5.74, 6) is -0.0208. The van der Waals surface area contributed by atoms with Crippen molar-refractivity contribution in [2.45, 2.75) is 20.3 Å². The molecule has 162 valence electrons. The highest BCUT2D eigenvalue weighted by atomic mass is 32.2. The van der Waals surface area contributed by atoms with Crippen molar-refractivity contribution in [3.63, 3.8) is 0 Å². The molecule has 2 aromatic rings. The smallest absolute Gasteiger partial charge is 0.341 e. The van der Waals surface area contributed by atoms with Crippen LogP contribution in [-0.2, 0) is 9.59 Å². The minimum atomic E-state index is -1.06. The van der Waals surface area contributed by atoms with Crippen molar-refractivity contribution in [3.8, 4) is 11.5 Å². The lowest BCUT2D eigenvalue weighted by Crippen LogP contribution is -2.29. The highest BCUT2D eigenvalue weighted by molar-refractivity contribution is 8.18. The van der Waals surface area contributed by atoms with Crippen LogP contribution < -0.4 is 9.47 Å². The maximum absolute atomic E-state index is 13.0. The Hall–Kier alpha value is -3.26. The van der Waals surface area contributed by atoms with Gasteiger partial charge in [0.25, 0.3) is 5.91 Å². The molecule has 0 spiro atoms. The summed E-state index contributed by atoms with van der Waals surface area (Å²) in [7, 11) is 0. The molecule has 1 saturated heterocycles. The van der Waals surface area contributed by atoms with Crippen LogP contribution >= 0.6 is 11.8 Å². The molecular weight excluding hydrogens is 416 g/mol. The number of carbonyl (C=O) groups is 2. The van der Waals surface area contributed by atoms with Crippen LogP contribution in [0.4, 0.5) is 5.69 Å². The van der Waals surface area contributed by atoms with E-state index in [0.29, 0.717) is 34.5 Å². The number of carboxylic acids is 1. The average Bonchev–Trinajstić information content (AvgIpc) is 3.04. The van der Waals surface area contributed by atoms with Crippen molar-refractivity contribution < 1.29 is 24.2 Å². The first-order valence-corrected chi connectivity index (χ1v) is 10.8. The second-order valence-corrected chi connectivity index (χ2v) is 7.62. The van der Waals surface area contributed by atoms with E-state index >= 15 is 0 Å². The number of carboxylic acid groups (broad SMARTS) is 1. The Labute approximate surface area is 185 Å². The van der Waals surface area contributed by atoms with Crippen LogP contribution in [0, 0.1) is 0 Å². The normalized spacial score (nSPS) is 16.2. The maximum atomic E-state index is 13.0. The number of amides is 1. The molecule has 3 rings (SSSR count). The molecule has 1 aliphatic rings. The van der Waals surface area contributed by atoms with Crippen molar-refractivity contribution in [3.05, 3.63) is 59.0 Å². The zero-order valence-electron chi connectivity index (χ0n) is 17.4. The molecule has 1 amide bonds. The second-order valence-electron chi connectivity index (χ2n) is 6.61. The summed E-state index contributed by atoms with van der Waals surface area (Å²) < 4.78 is 10.8. The van der Waals surface area contributed by atoms with Crippen molar-refractivity contribution in [2.24, 2.45) is 4.99 Å². The van der Waals surface area contributed by atoms with Crippen molar-refractivity contribution in [2.75, 3.05) is 19.8 Å². The number of aliphatic carboxylic acids is 1. The minimum absolute atomic E-state index is 0.135. The summed E-state index contributed by atoms with van der Waals surface area (Å²) in [6, 6.07) is 14.4. The summed E-state index contributed by atoms with van der Waals surface area (Å²) in [5.41, 5.74) is 1.37. The first kappa shape index (κ1) is 22.4. The summed E-state index contributed by atoms with van der Waals surface area (Å²) in [5, 5.41) is 9.48. The molecule has 0 radical (unpaired) electrons. The maximum Gasteiger partial charge on any atom is 0.341 e. The van der Waals surface area contributed by atoms with Crippen LogP contribution in [0.25, 0.3) is 6.08 Å². The number of aliphatic imine (C=N–C) groups is 1. The van der Waals surface area contributed by atoms with Gasteiger partial charge in [0.1, 0.15) is 11.5 Å². The number of rotatable bonds is 9. The lowest BCUT2D eigenvalue weighted by atomic mass is 10.2. The molecule has 0 atom stereocenters. The molecule has 1 heterocycles. The summed E-state index contributed by atoms with van der Waals surface area (Å²) in [6.07, 6.45) is 2.51. The van der Waals surface area contributed by atoms with Crippen molar-refractivity contribution in [1.29, 1.82) is 0 Å². The van der Waals surface area contributed by atoms with E-state index < -0.39 is 12.6 Å². The van der Waals surface area contributed by atoms with Gasteiger partial charge in [0.2, 0.25) is 0 Å². The van der Waals surface area contributed by atoms with Crippen molar-refractivity contribution >= 4 is 40.6 Å². The molecule has 2 aromatic carbocycles. The van der Waals surface area contributed by atoms with Gasteiger partial charge in [0.05, 0.1) is 17.2 Å². The van der Waals surface area contributed by atoms with Crippen LogP contribution in [0.1, 0.15) is 25.8 Å². The molecule has 1 aliphatic heterocycles. The van der Waals surface area contributed by atoms with Crippen LogP contribution in [0.15, 0.2) is 58.4 Å². The standard InChI is InChI=1S/C23H24N2O5S/c1-3-13-25-22(28)20(14-16-7-5-6-8-19(16)30-15-21(26)27)31-23(25)24-17-9-11-18(12-10-17)29-4-2/h5-12,14H,3-4,13,15H2,1-2H3,(H,26,27)/b20-14-,24-23?. The van der Waals surface area contributed by atoms with Crippen LogP contribution in [0.3, 0.4) is 0 Å². The quantitative estimate of drug-likeness (QED) is 0.575. The third-order valence-corrected chi connectivity index (χ3v) is 5.27. The molecule has 8 heteroatoms. The number of benzene rings is 2. The SMILES string of the molecule is CCCN1C(=O)/C(=C/c2ccccc2OCC(=O)O)SC1=Nc1ccc(OCC)cc1. The Morgan fingerprint density at radius 2 is 1.87 bits per heavy atom. The molecule has 31 heavy (non-hydrogen) atoms. The molecule has 0 aromatic heterocycles. The molecule has 7 nitrogen and oxygen atoms in total. The first-order valence-electron chi connectivity index (χ1n) is 9.98. The molecule has 1 fully saturated rings. The van der Waals surface area contributed by atoms with Gasteiger partial charge in [-0.2, -0.15) is 0 Å². The van der Waals surface area contributed by atoms with Crippen molar-refractivity contribution in [1.82, 2.24) is 4.90 Å². The van der Waals surface area contributed by atoms with E-state index in [1.54, 1.807) is 29.2 Å². The van der Waals surface area contributed by atoms with Gasteiger partial charge >= 0.3 is 5.97 Å². The second kappa shape index (κ2) is 10.7. The fourth-order valence-electron chi connectivity index (χ4n) is 2.92. The highest BCUT2D eigenvalue weighted by Crippen LogP contribution is 2.35. The van der Waals surface area contributed by atoms with E-state index in [0.717, 1.165) is 17.9 Å². The monoisotopic (exact) mass is 440 g/mol. The predicted octanol–water partition coefficient (Wildman–Crippen LogP) is 4.56. The zero-order chi connectivity index (χ0) is 22.2. The van der Waals surface area contributed by atoms with Gasteiger partial charge in [-0.05, 0) is 61.5 Å². The van der Waals surface area contributed by atoms with E-state index in [2.05, 4.69) is 4.99 Å². The summed E-state index contributed by atoms with van der Waals surface area (Å²) >= 11 is 1.29. The Kier molecular flexibility index (Phi) is 7.72. The third-order valence-electron chi connectivity index (χ3n) is 4.26. The number of amidine groups is 1. The highest BCUT2D eigenvalue weighted by Gasteiger charge is 2.33. The topological polar surface area (TPSA) is 88.4 Å². The van der Waals surface area contributed by atoms with Gasteiger partial charge in [0, 0.05) is 12.1 Å². The number of carbonyl (C=O) groups excluding carboxylic acids is 1. The van der Waals surface area contributed by atoms with E-state index in [-0.39, 0.29) is 5.91 Å². The number of para-hydroxylation sites is 1. The fraction of sp³-hybridized carbons (Fsp3) is 0.261. The largest absolute Gasteiger partial charge is 0.494 e. The van der Waals surface area contributed by atoms with Gasteiger partial charge in [0.15, 0.2) is 11.8 Å². The Morgan fingerprint density at radius 3 is 2.55 bits per heavy atom. The van der Waals surface area contributed by atoms with Gasteiger partial charge < -0.3 is 14.6 Å². The predicted molar refractivity (Wildman–Crippen MR) is 122 cm³/mol. The van der Waals surface area contributed by atoms with Crippen LogP contribution in [-0.4, -0.2) is 46.8 Å². The van der Waals surface area contributed by atoms with Crippen LogP contribution in [0.2, 0.25) is 0 Å². The number of nitrogens with zero attached hydrogens (tertiary/aromatic N) is 2. The Balaban J connectivity index is 1.88. The third kappa shape index (κ3) is 5.88. The number of hydrogen-bond acceptors (Lipinski definition) is 6. The molecule has 0 bridgehead atoms. The lowest BCUT2D eigenvalue weighted by molar-refractivity contribution is -0.139. The molecular formula is C23H24N2O5S.